The van der Waals surface area contributed by atoms with E-state index in [9.17, 15) is 4.39 Å². The molecule has 3 rings (SSSR count). The minimum Gasteiger partial charge on any atom is -0.338 e. The molecule has 1 atom stereocenters. The average molecular weight is 289 g/mol. The van der Waals surface area contributed by atoms with Crippen molar-refractivity contribution in [3.05, 3.63) is 35.5 Å². The van der Waals surface area contributed by atoms with Crippen LogP contribution >= 0.6 is 0 Å². The van der Waals surface area contributed by atoms with Gasteiger partial charge in [-0.3, -0.25) is 0 Å². The van der Waals surface area contributed by atoms with E-state index in [2.05, 4.69) is 22.4 Å². The number of aryl methyl sites for hydroxylation is 1. The number of hydrogen-bond donors (Lipinski definition) is 1. The molecule has 1 aromatic heterocycles. The summed E-state index contributed by atoms with van der Waals surface area (Å²) in [5.41, 5.74) is 1.56. The highest BCUT2D eigenvalue weighted by Gasteiger charge is 2.37. The van der Waals surface area contributed by atoms with Gasteiger partial charge in [0, 0.05) is 12.1 Å². The second-order valence-electron chi connectivity index (χ2n) is 5.80. The van der Waals surface area contributed by atoms with E-state index in [-0.39, 0.29) is 11.2 Å². The van der Waals surface area contributed by atoms with E-state index in [0.29, 0.717) is 11.7 Å². The molecule has 1 aromatic carbocycles. The molecule has 2 heterocycles. The maximum absolute atomic E-state index is 13.2. The second-order valence-corrected chi connectivity index (χ2v) is 5.80. The highest BCUT2D eigenvalue weighted by Crippen LogP contribution is 2.34. The highest BCUT2D eigenvalue weighted by molar-refractivity contribution is 5.59. The Balaban J connectivity index is 1.95. The number of rotatable bonds is 3. The zero-order valence-electron chi connectivity index (χ0n) is 12.4. The van der Waals surface area contributed by atoms with Gasteiger partial charge in [0.05, 0.1) is 5.41 Å². The molecule has 0 spiro atoms. The van der Waals surface area contributed by atoms with Crippen LogP contribution in [-0.2, 0) is 5.41 Å². The number of hydrogen-bond acceptors (Lipinski definition) is 4. The van der Waals surface area contributed by atoms with Crippen molar-refractivity contribution in [1.29, 1.82) is 0 Å². The molecule has 5 heteroatoms. The fourth-order valence-corrected chi connectivity index (χ4v) is 3.03. The second kappa shape index (κ2) is 5.56. The topological polar surface area (TPSA) is 51.0 Å². The van der Waals surface area contributed by atoms with Crippen molar-refractivity contribution in [3.63, 3.8) is 0 Å². The zero-order chi connectivity index (χ0) is 14.9. The van der Waals surface area contributed by atoms with E-state index in [1.807, 2.05) is 6.92 Å². The van der Waals surface area contributed by atoms with Crippen molar-refractivity contribution in [2.75, 3.05) is 13.1 Å². The van der Waals surface area contributed by atoms with Crippen LogP contribution in [0.15, 0.2) is 22.7 Å². The minimum absolute atomic E-state index is 0.0720. The van der Waals surface area contributed by atoms with E-state index >= 15 is 0 Å². The molecule has 1 saturated heterocycles. The Kier molecular flexibility index (Phi) is 3.76. The van der Waals surface area contributed by atoms with Gasteiger partial charge in [-0.25, -0.2) is 4.39 Å². The molecule has 21 heavy (non-hydrogen) atoms. The summed E-state index contributed by atoms with van der Waals surface area (Å²) >= 11 is 0. The maximum atomic E-state index is 13.2. The first kappa shape index (κ1) is 14.2. The van der Waals surface area contributed by atoms with Crippen LogP contribution < -0.4 is 5.32 Å². The van der Waals surface area contributed by atoms with E-state index in [1.165, 1.54) is 12.1 Å². The van der Waals surface area contributed by atoms with Crippen molar-refractivity contribution in [2.24, 2.45) is 0 Å². The lowest BCUT2D eigenvalue weighted by Gasteiger charge is -2.33. The van der Waals surface area contributed by atoms with E-state index in [0.717, 1.165) is 43.5 Å². The Bertz CT molecular complexity index is 632. The largest absolute Gasteiger partial charge is 0.338 e. The third kappa shape index (κ3) is 2.58. The summed E-state index contributed by atoms with van der Waals surface area (Å²) in [7, 11) is 0. The first-order chi connectivity index (χ1) is 10.1. The van der Waals surface area contributed by atoms with Crippen LogP contribution in [0.5, 0.6) is 0 Å². The molecule has 1 unspecified atom stereocenters. The number of nitrogens with zero attached hydrogens (tertiary/aromatic N) is 2. The van der Waals surface area contributed by atoms with Gasteiger partial charge in [0.2, 0.25) is 11.7 Å². The quantitative estimate of drug-likeness (QED) is 0.942. The summed E-state index contributed by atoms with van der Waals surface area (Å²) in [5, 5.41) is 7.52. The molecule has 0 amide bonds. The van der Waals surface area contributed by atoms with Crippen molar-refractivity contribution in [1.82, 2.24) is 15.5 Å². The van der Waals surface area contributed by atoms with Crippen molar-refractivity contribution < 1.29 is 8.91 Å². The molecule has 0 bridgehead atoms. The number of halogens is 1. The van der Waals surface area contributed by atoms with Gasteiger partial charge in [-0.1, -0.05) is 12.1 Å². The average Bonchev–Trinajstić information content (AvgIpc) is 2.98. The lowest BCUT2D eigenvalue weighted by atomic mass is 9.78. The van der Waals surface area contributed by atoms with E-state index < -0.39 is 0 Å². The van der Waals surface area contributed by atoms with Gasteiger partial charge >= 0.3 is 0 Å². The van der Waals surface area contributed by atoms with Gasteiger partial charge in [0.25, 0.3) is 0 Å². The lowest BCUT2D eigenvalue weighted by molar-refractivity contribution is 0.221. The molecule has 1 aliphatic heterocycles. The highest BCUT2D eigenvalue weighted by atomic mass is 19.1. The Labute approximate surface area is 123 Å². The molecule has 2 aromatic rings. The Morgan fingerprint density at radius 2 is 2.29 bits per heavy atom. The number of nitrogens with one attached hydrogen (secondary N) is 1. The van der Waals surface area contributed by atoms with Gasteiger partial charge in [0.1, 0.15) is 5.82 Å². The summed E-state index contributed by atoms with van der Waals surface area (Å²) in [4.78, 5) is 4.60. The van der Waals surface area contributed by atoms with Crippen molar-refractivity contribution >= 4 is 0 Å². The molecular formula is C16H20FN3O. The normalized spacial score (nSPS) is 22.4. The van der Waals surface area contributed by atoms with Crippen LogP contribution in [0.3, 0.4) is 0 Å². The monoisotopic (exact) mass is 289 g/mol. The van der Waals surface area contributed by atoms with Crippen LogP contribution in [0.2, 0.25) is 0 Å². The van der Waals surface area contributed by atoms with Crippen molar-refractivity contribution in [2.45, 2.75) is 38.5 Å². The molecule has 1 N–H and O–H groups in total. The van der Waals surface area contributed by atoms with Crippen LogP contribution in [0.25, 0.3) is 11.4 Å². The Morgan fingerprint density at radius 3 is 2.95 bits per heavy atom. The first-order valence-corrected chi connectivity index (χ1v) is 7.46. The lowest BCUT2D eigenvalue weighted by Crippen LogP contribution is -2.43. The molecule has 0 saturated carbocycles. The van der Waals surface area contributed by atoms with Crippen LogP contribution in [-0.4, -0.2) is 23.2 Å². The third-order valence-corrected chi connectivity index (χ3v) is 4.46. The predicted octanol–water partition coefficient (Wildman–Crippen LogP) is 3.22. The van der Waals surface area contributed by atoms with Gasteiger partial charge < -0.3 is 9.84 Å². The van der Waals surface area contributed by atoms with Gasteiger partial charge in [-0.15, -0.1) is 0 Å². The van der Waals surface area contributed by atoms with Gasteiger partial charge in [-0.05, 0) is 56.5 Å². The smallest absolute Gasteiger partial charge is 0.234 e. The molecule has 0 radical (unpaired) electrons. The maximum Gasteiger partial charge on any atom is 0.234 e. The van der Waals surface area contributed by atoms with Gasteiger partial charge in [-0.2, -0.15) is 4.98 Å². The predicted molar refractivity (Wildman–Crippen MR) is 78.5 cm³/mol. The summed E-state index contributed by atoms with van der Waals surface area (Å²) in [5.74, 6) is 0.985. The molecule has 0 aliphatic carbocycles. The fraction of sp³-hybridized carbons (Fsp3) is 0.500. The number of benzene rings is 1. The summed E-state index contributed by atoms with van der Waals surface area (Å²) in [6.45, 7) is 5.92. The van der Waals surface area contributed by atoms with Gasteiger partial charge in [0.15, 0.2) is 0 Å². The van der Waals surface area contributed by atoms with E-state index in [4.69, 9.17) is 4.52 Å². The SMILES string of the molecule is CCC1(c2nc(-c3ccc(F)cc3C)no2)CCCNC1. The minimum atomic E-state index is -0.249. The number of piperidine rings is 1. The molecular weight excluding hydrogens is 269 g/mol. The Hall–Kier alpha value is -1.75. The Morgan fingerprint density at radius 1 is 1.43 bits per heavy atom. The summed E-state index contributed by atoms with van der Waals surface area (Å²) < 4.78 is 18.7. The summed E-state index contributed by atoms with van der Waals surface area (Å²) in [6.07, 6.45) is 3.13. The fourth-order valence-electron chi connectivity index (χ4n) is 3.03. The first-order valence-electron chi connectivity index (χ1n) is 7.46. The van der Waals surface area contributed by atoms with Crippen LogP contribution in [0.1, 0.15) is 37.6 Å². The number of aromatic nitrogens is 2. The molecule has 112 valence electrons. The third-order valence-electron chi connectivity index (χ3n) is 4.46. The molecule has 4 nitrogen and oxygen atoms in total. The summed E-state index contributed by atoms with van der Waals surface area (Å²) in [6, 6.07) is 4.62. The van der Waals surface area contributed by atoms with Crippen molar-refractivity contribution in [3.8, 4) is 11.4 Å². The molecule has 1 aliphatic rings. The zero-order valence-corrected chi connectivity index (χ0v) is 12.4. The van der Waals surface area contributed by atoms with Crippen LogP contribution in [0, 0.1) is 12.7 Å². The molecule has 1 fully saturated rings. The van der Waals surface area contributed by atoms with E-state index in [1.54, 1.807) is 6.07 Å². The standard InChI is InChI=1S/C16H20FN3O/c1-3-16(7-4-8-18-10-16)15-19-14(20-21-15)13-6-5-12(17)9-11(13)2/h5-6,9,18H,3-4,7-8,10H2,1-2H3. The van der Waals surface area contributed by atoms with Crippen LogP contribution in [0.4, 0.5) is 4.39 Å².